The third-order valence-electron chi connectivity index (χ3n) is 11.7. The molecule has 0 saturated heterocycles. The molecule has 7 heteroatoms. The minimum Gasteiger partial charge on any atom is -0.308 e. The average molecular weight is 727 g/mol. The topological polar surface area (TPSA) is 4.93 Å². The summed E-state index contributed by atoms with van der Waals surface area (Å²) in [5.74, 6) is 0. The van der Waals surface area contributed by atoms with E-state index in [0.717, 1.165) is 43.8 Å². The first-order valence-corrected chi connectivity index (χ1v) is 19.7. The molecule has 0 aliphatic carbocycles. The van der Waals surface area contributed by atoms with E-state index in [0.29, 0.717) is 16.5 Å². The van der Waals surface area contributed by atoms with Gasteiger partial charge in [-0.15, -0.1) is 27.7 Å². The Balaban J connectivity index is 1.17. The third-order valence-corrected chi connectivity index (χ3v) is 12.8. The summed E-state index contributed by atoms with van der Waals surface area (Å²) < 4.78 is 5.01. The van der Waals surface area contributed by atoms with Gasteiger partial charge in [0.15, 0.2) is 0 Å². The number of para-hydroxylation sites is 2. The van der Waals surface area contributed by atoms with E-state index >= 15 is 0 Å². The summed E-state index contributed by atoms with van der Waals surface area (Å²) in [4.78, 5) is 0. The van der Waals surface area contributed by atoms with Gasteiger partial charge in [-0.05, 0) is 73.6 Å². The molecule has 0 saturated carbocycles. The highest BCUT2D eigenvalue weighted by atomic mass is 32.1. The lowest BCUT2D eigenvalue weighted by molar-refractivity contribution is 1.20. The van der Waals surface area contributed by atoms with Crippen LogP contribution >= 0.6 is 11.3 Å². The number of hydrogen-bond acceptors (Lipinski definition) is 1. The number of aromatic nitrogens is 1. The molecule has 0 amide bonds. The van der Waals surface area contributed by atoms with E-state index in [-0.39, 0.29) is 16.4 Å². The molecule has 0 fully saturated rings. The Hall–Kier alpha value is -6.16. The van der Waals surface area contributed by atoms with Crippen molar-refractivity contribution in [3.05, 3.63) is 158 Å². The molecule has 0 aliphatic heterocycles. The summed E-state index contributed by atoms with van der Waals surface area (Å²) in [5, 5.41) is 9.09. The molecule has 0 N–H and O–H groups in total. The van der Waals surface area contributed by atoms with Gasteiger partial charge in [0.1, 0.15) is 39.2 Å². The Bertz CT molecular complexity index is 3330. The molecular formula is C50H26B5NS. The van der Waals surface area contributed by atoms with Crippen LogP contribution in [0, 0.1) is 0 Å². The van der Waals surface area contributed by atoms with Gasteiger partial charge in [-0.3, -0.25) is 0 Å². The van der Waals surface area contributed by atoms with Gasteiger partial charge in [0.25, 0.3) is 0 Å². The molecule has 2 aromatic heterocycles. The van der Waals surface area contributed by atoms with Gasteiger partial charge in [0.05, 0.1) is 16.7 Å². The van der Waals surface area contributed by atoms with Gasteiger partial charge >= 0.3 is 0 Å². The summed E-state index contributed by atoms with van der Waals surface area (Å²) in [6, 6.07) is 56.5. The number of fused-ring (bicyclic) bond motifs is 8. The second kappa shape index (κ2) is 12.9. The minimum absolute atomic E-state index is 0.201. The largest absolute Gasteiger partial charge is 0.308 e. The maximum atomic E-state index is 6.71. The first-order chi connectivity index (χ1) is 27.9. The van der Waals surface area contributed by atoms with Gasteiger partial charge in [0.2, 0.25) is 0 Å². The monoisotopic (exact) mass is 727 g/mol. The highest BCUT2D eigenvalue weighted by molar-refractivity contribution is 7.26. The van der Waals surface area contributed by atoms with Gasteiger partial charge in [-0.2, -0.15) is 0 Å². The fraction of sp³-hybridized carbons (Fsp3) is 0. The fourth-order valence-corrected chi connectivity index (χ4v) is 10.2. The Labute approximate surface area is 341 Å². The van der Waals surface area contributed by atoms with Crippen LogP contribution in [0.5, 0.6) is 0 Å². The summed E-state index contributed by atoms with van der Waals surface area (Å²) in [7, 11) is 32.5. The van der Waals surface area contributed by atoms with Crippen molar-refractivity contribution in [1.82, 2.24) is 4.57 Å². The molecule has 0 spiro atoms. The molecule has 252 valence electrons. The van der Waals surface area contributed by atoms with Crippen molar-refractivity contribution in [3.63, 3.8) is 0 Å². The number of benzene rings is 9. The van der Waals surface area contributed by atoms with Crippen molar-refractivity contribution >= 4 is 141 Å². The standard InChI is InChI=1S/C50H26B5NS/c51-45-44(46(52)48(54)49(55)47(45)53)42-34-15-3-1-13-32(34)41(33-14-2-4-16-35(33)42)28-23-21-27(22-24-28)29-25-26-40-43(36-17-7-10-20-39(36)57-40)50(29)56-37-18-8-5-11-30(37)31-12-6-9-19-38(31)56/h1-26H. The van der Waals surface area contributed by atoms with E-state index in [9.17, 15) is 0 Å². The predicted molar refractivity (Wildman–Crippen MR) is 252 cm³/mol. The van der Waals surface area contributed by atoms with Crippen LogP contribution in [0.2, 0.25) is 0 Å². The van der Waals surface area contributed by atoms with Crippen molar-refractivity contribution in [3.8, 4) is 39.1 Å². The molecule has 2 heterocycles. The van der Waals surface area contributed by atoms with E-state index in [4.69, 9.17) is 39.2 Å². The van der Waals surface area contributed by atoms with Crippen molar-refractivity contribution < 1.29 is 0 Å². The fourth-order valence-electron chi connectivity index (χ4n) is 9.07. The lowest BCUT2D eigenvalue weighted by Gasteiger charge is -2.25. The Morgan fingerprint density at radius 1 is 0.333 bits per heavy atom. The van der Waals surface area contributed by atoms with Crippen LogP contribution in [-0.2, 0) is 0 Å². The Morgan fingerprint density at radius 3 is 1.33 bits per heavy atom. The second-order valence-corrected chi connectivity index (χ2v) is 15.7. The SMILES string of the molecule is [B]c1c([B])c([B])c(-c2c3ccccc3c(-c3ccc(-c4ccc5sc6ccccc6c5c4-n4c5ccccc5c5ccccc54)cc3)c3ccccc23)c([B])c1[B]. The molecule has 9 aromatic carbocycles. The molecule has 0 unspecified atom stereocenters. The molecule has 10 radical (unpaired) electrons. The first-order valence-electron chi connectivity index (χ1n) is 18.9. The highest BCUT2D eigenvalue weighted by Crippen LogP contribution is 2.47. The second-order valence-electron chi connectivity index (χ2n) is 14.7. The number of thiophene rings is 1. The first kappa shape index (κ1) is 34.1. The molecule has 0 atom stereocenters. The maximum absolute atomic E-state index is 6.71. The lowest BCUT2D eigenvalue weighted by Crippen LogP contribution is -2.55. The zero-order valence-corrected chi connectivity index (χ0v) is 31.6. The van der Waals surface area contributed by atoms with Crippen LogP contribution in [0.3, 0.4) is 0 Å². The maximum Gasteiger partial charge on any atom is 0.113 e. The van der Waals surface area contributed by atoms with E-state index < -0.39 is 0 Å². The van der Waals surface area contributed by atoms with Crippen LogP contribution in [-0.4, -0.2) is 43.8 Å². The summed E-state index contributed by atoms with van der Waals surface area (Å²) in [5.41, 5.74) is 10.8. The van der Waals surface area contributed by atoms with E-state index in [2.05, 4.69) is 150 Å². The molecule has 0 aliphatic rings. The normalized spacial score (nSPS) is 11.9. The highest BCUT2D eigenvalue weighted by Gasteiger charge is 2.23. The minimum atomic E-state index is 0.201. The van der Waals surface area contributed by atoms with E-state index in [1.54, 1.807) is 0 Å². The zero-order valence-electron chi connectivity index (χ0n) is 30.8. The van der Waals surface area contributed by atoms with Gasteiger partial charge < -0.3 is 4.57 Å². The van der Waals surface area contributed by atoms with Crippen LogP contribution < -0.4 is 27.3 Å². The van der Waals surface area contributed by atoms with E-state index in [1.165, 1.54) is 53.2 Å². The number of rotatable bonds is 4. The van der Waals surface area contributed by atoms with Crippen molar-refractivity contribution in [2.45, 2.75) is 0 Å². The summed E-state index contributed by atoms with van der Waals surface area (Å²) >= 11 is 1.84. The molecule has 1 nitrogen and oxygen atoms in total. The predicted octanol–water partition coefficient (Wildman–Crippen LogP) is 8.43. The molecule has 11 aromatic rings. The van der Waals surface area contributed by atoms with Crippen LogP contribution in [0.15, 0.2) is 158 Å². The van der Waals surface area contributed by atoms with E-state index in [1.807, 2.05) is 23.5 Å². The van der Waals surface area contributed by atoms with Crippen molar-refractivity contribution in [2.75, 3.05) is 0 Å². The van der Waals surface area contributed by atoms with Crippen LogP contribution in [0.1, 0.15) is 0 Å². The molecule has 57 heavy (non-hydrogen) atoms. The third kappa shape index (κ3) is 4.95. The number of hydrogen-bond donors (Lipinski definition) is 0. The Morgan fingerprint density at radius 2 is 0.772 bits per heavy atom. The molecule has 11 rings (SSSR count). The summed E-state index contributed by atoms with van der Waals surface area (Å²) in [6.45, 7) is 0. The molecule has 0 bridgehead atoms. The van der Waals surface area contributed by atoms with Crippen molar-refractivity contribution in [1.29, 1.82) is 0 Å². The molecular weight excluding hydrogens is 701 g/mol. The van der Waals surface area contributed by atoms with Crippen LogP contribution in [0.4, 0.5) is 0 Å². The summed E-state index contributed by atoms with van der Waals surface area (Å²) in [6.07, 6.45) is 0. The quantitative estimate of drug-likeness (QED) is 0.127. The smallest absolute Gasteiger partial charge is 0.113 e. The van der Waals surface area contributed by atoms with Gasteiger partial charge in [-0.25, -0.2) is 0 Å². The number of nitrogens with zero attached hydrogens (tertiary/aromatic N) is 1. The average Bonchev–Trinajstić information content (AvgIpc) is 3.81. The van der Waals surface area contributed by atoms with Crippen molar-refractivity contribution in [2.24, 2.45) is 0 Å². The lowest BCUT2D eigenvalue weighted by atomic mass is 9.59. The van der Waals surface area contributed by atoms with Crippen LogP contribution in [0.25, 0.3) is 103 Å². The van der Waals surface area contributed by atoms with Gasteiger partial charge in [-0.1, -0.05) is 144 Å². The van der Waals surface area contributed by atoms with Gasteiger partial charge in [0, 0.05) is 36.5 Å². The zero-order chi connectivity index (χ0) is 38.5. The Kier molecular flexibility index (Phi) is 7.75.